The van der Waals surface area contributed by atoms with Crippen molar-refractivity contribution >= 4 is 28.8 Å². The summed E-state index contributed by atoms with van der Waals surface area (Å²) in [7, 11) is 1.57. The van der Waals surface area contributed by atoms with Crippen molar-refractivity contribution in [3.05, 3.63) is 87.6 Å². The third kappa shape index (κ3) is 5.25. The van der Waals surface area contributed by atoms with Gasteiger partial charge in [-0.2, -0.15) is 0 Å². The number of amides is 1. The molecule has 6 nitrogen and oxygen atoms in total. The minimum atomic E-state index is -0.698. The normalized spacial score (nSPS) is 17.1. The molecule has 35 heavy (non-hydrogen) atoms. The van der Waals surface area contributed by atoms with Crippen molar-refractivity contribution < 1.29 is 24.2 Å². The highest BCUT2D eigenvalue weighted by atomic mass is 32.1. The fourth-order valence-corrected chi connectivity index (χ4v) is 5.05. The number of unbranched alkanes of at least 4 members (excludes halogenated alkanes) is 2. The number of nitrogens with zero attached hydrogens (tertiary/aromatic N) is 1. The Bertz CT molecular complexity index is 1200. The summed E-state index contributed by atoms with van der Waals surface area (Å²) >= 11 is 1.44. The summed E-state index contributed by atoms with van der Waals surface area (Å²) in [6.07, 6.45) is 3.21. The summed E-state index contributed by atoms with van der Waals surface area (Å²) in [6, 6.07) is 17.4. The summed E-state index contributed by atoms with van der Waals surface area (Å²) in [5.74, 6) is -0.206. The molecule has 0 spiro atoms. The molecular weight excluding hydrogens is 462 g/mol. The molecule has 1 amide bonds. The first-order valence-electron chi connectivity index (χ1n) is 11.7. The third-order valence-corrected chi connectivity index (χ3v) is 6.95. The number of para-hydroxylation sites is 1. The lowest BCUT2D eigenvalue weighted by molar-refractivity contribution is -0.140. The Morgan fingerprint density at radius 3 is 2.49 bits per heavy atom. The lowest BCUT2D eigenvalue weighted by Gasteiger charge is -2.25. The first kappa shape index (κ1) is 24.5. The number of aliphatic hydroxyl groups excluding tert-OH is 1. The molecule has 2 heterocycles. The molecule has 0 aliphatic carbocycles. The van der Waals surface area contributed by atoms with Gasteiger partial charge in [0.25, 0.3) is 11.7 Å². The molecule has 1 aliphatic rings. The van der Waals surface area contributed by atoms with E-state index in [2.05, 4.69) is 6.92 Å². The van der Waals surface area contributed by atoms with Crippen molar-refractivity contribution in [1.29, 1.82) is 0 Å². The number of carbonyl (C=O) groups excluding carboxylic acids is 2. The monoisotopic (exact) mass is 491 g/mol. The number of aliphatic hydroxyl groups is 1. The van der Waals surface area contributed by atoms with Gasteiger partial charge in [0, 0.05) is 16.0 Å². The van der Waals surface area contributed by atoms with E-state index in [-0.39, 0.29) is 17.9 Å². The number of ketones is 1. The molecule has 7 heteroatoms. The Labute approximate surface area is 209 Å². The average molecular weight is 492 g/mol. The SMILES string of the molecule is CCCCCOc1ccc(/C(O)=C2/C(=O)C(=O)N(Cc3ccccc3OC)C2c2cccs2)cc1. The van der Waals surface area contributed by atoms with Crippen LogP contribution in [0.1, 0.15) is 48.2 Å². The maximum Gasteiger partial charge on any atom is 0.295 e. The second-order valence-electron chi connectivity index (χ2n) is 8.33. The number of hydrogen-bond donors (Lipinski definition) is 1. The average Bonchev–Trinajstić information content (AvgIpc) is 3.50. The van der Waals surface area contributed by atoms with Gasteiger partial charge < -0.3 is 19.5 Å². The van der Waals surface area contributed by atoms with Gasteiger partial charge in [-0.1, -0.05) is 44.0 Å². The molecule has 2 aromatic carbocycles. The number of hydrogen-bond acceptors (Lipinski definition) is 6. The number of methoxy groups -OCH3 is 1. The van der Waals surface area contributed by atoms with E-state index in [0.717, 1.165) is 29.7 Å². The van der Waals surface area contributed by atoms with Crippen LogP contribution in [-0.2, 0) is 16.1 Å². The molecule has 1 aromatic heterocycles. The van der Waals surface area contributed by atoms with Gasteiger partial charge in [0.1, 0.15) is 17.3 Å². The van der Waals surface area contributed by atoms with Crippen LogP contribution in [-0.4, -0.2) is 35.4 Å². The van der Waals surface area contributed by atoms with Crippen LogP contribution in [0.5, 0.6) is 11.5 Å². The molecule has 3 aromatic rings. The highest BCUT2D eigenvalue weighted by molar-refractivity contribution is 7.10. The third-order valence-electron chi connectivity index (χ3n) is 6.03. The van der Waals surface area contributed by atoms with Gasteiger partial charge in [0.15, 0.2) is 0 Å². The summed E-state index contributed by atoms with van der Waals surface area (Å²) in [6.45, 7) is 2.95. The second-order valence-corrected chi connectivity index (χ2v) is 9.31. The first-order chi connectivity index (χ1) is 17.0. The van der Waals surface area contributed by atoms with Crippen LogP contribution in [0.25, 0.3) is 5.76 Å². The van der Waals surface area contributed by atoms with Crippen molar-refractivity contribution in [2.45, 2.75) is 38.8 Å². The van der Waals surface area contributed by atoms with Crippen LogP contribution in [0, 0.1) is 0 Å². The molecule has 1 N–H and O–H groups in total. The Hall–Kier alpha value is -3.58. The fourth-order valence-electron chi connectivity index (χ4n) is 4.21. The van der Waals surface area contributed by atoms with Gasteiger partial charge in [0.05, 0.1) is 31.9 Å². The number of benzene rings is 2. The van der Waals surface area contributed by atoms with E-state index in [1.54, 1.807) is 31.4 Å². The quantitative estimate of drug-likeness (QED) is 0.164. The smallest absolute Gasteiger partial charge is 0.295 e. The number of rotatable bonds is 10. The molecule has 0 saturated carbocycles. The maximum absolute atomic E-state index is 13.2. The van der Waals surface area contributed by atoms with Gasteiger partial charge in [0.2, 0.25) is 0 Å². The Morgan fingerprint density at radius 2 is 1.80 bits per heavy atom. The topological polar surface area (TPSA) is 76.1 Å². The summed E-state index contributed by atoms with van der Waals surface area (Å²) in [5, 5.41) is 13.1. The molecule has 0 bridgehead atoms. The Balaban J connectivity index is 1.67. The molecule has 182 valence electrons. The van der Waals surface area contributed by atoms with E-state index >= 15 is 0 Å². The van der Waals surface area contributed by atoms with Crippen LogP contribution in [0.2, 0.25) is 0 Å². The minimum absolute atomic E-state index is 0.0870. The van der Waals surface area contributed by atoms with E-state index in [1.165, 1.54) is 16.2 Å². The number of carbonyl (C=O) groups is 2. The van der Waals surface area contributed by atoms with E-state index in [0.29, 0.717) is 23.7 Å². The van der Waals surface area contributed by atoms with E-state index < -0.39 is 17.7 Å². The summed E-state index contributed by atoms with van der Waals surface area (Å²) < 4.78 is 11.2. The first-order valence-corrected chi connectivity index (χ1v) is 12.6. The maximum atomic E-state index is 13.2. The van der Waals surface area contributed by atoms with Crippen molar-refractivity contribution in [3.63, 3.8) is 0 Å². The Morgan fingerprint density at radius 1 is 1.03 bits per heavy atom. The highest BCUT2D eigenvalue weighted by Crippen LogP contribution is 2.42. The number of likely N-dealkylation sites (tertiary alicyclic amines) is 1. The van der Waals surface area contributed by atoms with Gasteiger partial charge in [-0.15, -0.1) is 11.3 Å². The number of thiophene rings is 1. The standard InChI is InChI=1S/C28H29NO5S/c1-3-4-7-16-34-21-14-12-19(13-15-21)26(30)24-25(23-11-8-17-35-23)29(28(32)27(24)31)18-20-9-5-6-10-22(20)33-2/h5-6,8-15,17,25,30H,3-4,7,16,18H2,1-2H3/b26-24-. The predicted molar refractivity (Wildman–Crippen MR) is 137 cm³/mol. The predicted octanol–water partition coefficient (Wildman–Crippen LogP) is 5.95. The van der Waals surface area contributed by atoms with Gasteiger partial charge >= 0.3 is 0 Å². The lowest BCUT2D eigenvalue weighted by atomic mass is 9.99. The van der Waals surface area contributed by atoms with E-state index in [9.17, 15) is 14.7 Å². The van der Waals surface area contributed by atoms with Crippen LogP contribution < -0.4 is 9.47 Å². The molecule has 1 unspecified atom stereocenters. The number of ether oxygens (including phenoxy) is 2. The highest BCUT2D eigenvalue weighted by Gasteiger charge is 2.46. The largest absolute Gasteiger partial charge is 0.507 e. The van der Waals surface area contributed by atoms with Crippen molar-refractivity contribution in [2.24, 2.45) is 0 Å². The lowest BCUT2D eigenvalue weighted by Crippen LogP contribution is -2.29. The number of Topliss-reactive ketones (excluding diaryl/α,β-unsaturated/α-hetero) is 1. The molecule has 4 rings (SSSR count). The summed E-state index contributed by atoms with van der Waals surface area (Å²) in [5.41, 5.74) is 1.33. The van der Waals surface area contributed by atoms with Crippen molar-refractivity contribution in [1.82, 2.24) is 4.90 Å². The molecule has 0 radical (unpaired) electrons. The second kappa shape index (κ2) is 11.2. The molecule has 1 aliphatic heterocycles. The Kier molecular flexibility index (Phi) is 7.87. The fraction of sp³-hybridized carbons (Fsp3) is 0.286. The van der Waals surface area contributed by atoms with E-state index in [1.807, 2.05) is 41.8 Å². The van der Waals surface area contributed by atoms with Crippen LogP contribution in [0.4, 0.5) is 0 Å². The van der Waals surface area contributed by atoms with E-state index in [4.69, 9.17) is 9.47 Å². The van der Waals surface area contributed by atoms with Crippen LogP contribution in [0.15, 0.2) is 71.6 Å². The summed E-state index contributed by atoms with van der Waals surface area (Å²) in [4.78, 5) is 28.7. The minimum Gasteiger partial charge on any atom is -0.507 e. The van der Waals surface area contributed by atoms with Gasteiger partial charge in [-0.05, 0) is 48.2 Å². The van der Waals surface area contributed by atoms with Gasteiger partial charge in [-0.25, -0.2) is 0 Å². The molecule has 1 fully saturated rings. The van der Waals surface area contributed by atoms with Crippen molar-refractivity contribution in [2.75, 3.05) is 13.7 Å². The van der Waals surface area contributed by atoms with Gasteiger partial charge in [-0.3, -0.25) is 9.59 Å². The van der Waals surface area contributed by atoms with Crippen LogP contribution in [0.3, 0.4) is 0 Å². The zero-order valence-electron chi connectivity index (χ0n) is 19.9. The van der Waals surface area contributed by atoms with Crippen molar-refractivity contribution in [3.8, 4) is 11.5 Å². The molecule has 1 atom stereocenters. The zero-order chi connectivity index (χ0) is 24.8. The molecular formula is C28H29NO5S. The zero-order valence-corrected chi connectivity index (χ0v) is 20.7. The van der Waals surface area contributed by atoms with Crippen LogP contribution >= 0.6 is 11.3 Å². The molecule has 1 saturated heterocycles.